The zero-order chi connectivity index (χ0) is 31.2. The van der Waals surface area contributed by atoms with E-state index in [-0.39, 0.29) is 23.3 Å². The number of aryl methyl sites for hydroxylation is 1. The average Bonchev–Trinajstić information content (AvgIpc) is 2.95. The minimum absolute atomic E-state index is 0.00184. The van der Waals surface area contributed by atoms with Gasteiger partial charge in [-0.2, -0.15) is 0 Å². The van der Waals surface area contributed by atoms with E-state index in [1.54, 1.807) is 49.4 Å². The van der Waals surface area contributed by atoms with Gasteiger partial charge < -0.3 is 15.0 Å². The number of hydrogen-bond donors (Lipinski definition) is 1. The SMILES string of the molecule is COc1ccc(S(=O)(=O)N(CC(=O)N(Cc2ccc(Cl)c(Cl)c2)[C@@H](C)C(=O)NCC(C)C)c2ccc(C)cc2)cc1Br. The normalized spacial score (nSPS) is 12.1. The molecule has 8 nitrogen and oxygen atoms in total. The fourth-order valence-corrected chi connectivity index (χ4v) is 6.50. The van der Waals surface area contributed by atoms with Crippen LogP contribution in [0, 0.1) is 12.8 Å². The van der Waals surface area contributed by atoms with Crippen molar-refractivity contribution in [2.24, 2.45) is 5.92 Å². The summed E-state index contributed by atoms with van der Waals surface area (Å²) in [4.78, 5) is 28.4. The summed E-state index contributed by atoms with van der Waals surface area (Å²) in [5.74, 6) is -0.279. The van der Waals surface area contributed by atoms with Crippen LogP contribution in [0.1, 0.15) is 31.9 Å². The molecule has 0 saturated heterocycles. The molecular weight excluding hydrogens is 665 g/mol. The minimum Gasteiger partial charge on any atom is -0.496 e. The second-order valence-electron chi connectivity index (χ2n) is 10.2. The van der Waals surface area contributed by atoms with Gasteiger partial charge in [-0.15, -0.1) is 0 Å². The van der Waals surface area contributed by atoms with Crippen LogP contribution >= 0.6 is 39.1 Å². The summed E-state index contributed by atoms with van der Waals surface area (Å²) in [5, 5.41) is 3.51. The molecule has 3 aromatic rings. The number of carbonyl (C=O) groups is 2. The van der Waals surface area contributed by atoms with Crippen LogP contribution in [0.3, 0.4) is 0 Å². The lowest BCUT2D eigenvalue weighted by Crippen LogP contribution is -2.51. The standard InChI is InChI=1S/C30H34BrCl2N3O5S/c1-19(2)16-34-30(38)21(4)35(17-22-8-12-26(32)27(33)14-22)29(37)18-36(23-9-6-20(3)7-10-23)42(39,40)24-11-13-28(41-5)25(31)15-24/h6-15,19,21H,16-18H2,1-5H3,(H,34,38)/t21-/m0/s1. The molecule has 0 aliphatic carbocycles. The van der Waals surface area contributed by atoms with Crippen molar-refractivity contribution < 1.29 is 22.7 Å². The maximum Gasteiger partial charge on any atom is 0.264 e. The Morgan fingerprint density at radius 2 is 1.64 bits per heavy atom. The zero-order valence-corrected chi connectivity index (χ0v) is 27.9. The number of rotatable bonds is 12. The van der Waals surface area contributed by atoms with Crippen LogP contribution < -0.4 is 14.4 Å². The molecule has 3 aromatic carbocycles. The Hall–Kier alpha value is -2.79. The molecule has 0 aromatic heterocycles. The van der Waals surface area contributed by atoms with Gasteiger partial charge >= 0.3 is 0 Å². The molecule has 42 heavy (non-hydrogen) atoms. The molecule has 0 fully saturated rings. The minimum atomic E-state index is -4.23. The summed E-state index contributed by atoms with van der Waals surface area (Å²) >= 11 is 15.7. The number of halogens is 3. The van der Waals surface area contributed by atoms with Gasteiger partial charge in [0, 0.05) is 13.1 Å². The van der Waals surface area contributed by atoms with E-state index in [1.807, 2.05) is 20.8 Å². The molecule has 0 spiro atoms. The summed E-state index contributed by atoms with van der Waals surface area (Å²) in [7, 11) is -2.76. The number of benzene rings is 3. The molecule has 0 unspecified atom stereocenters. The van der Waals surface area contributed by atoms with Crippen molar-refractivity contribution in [3.63, 3.8) is 0 Å². The quantitative estimate of drug-likeness (QED) is 0.234. The van der Waals surface area contributed by atoms with Crippen LogP contribution in [-0.4, -0.2) is 51.4 Å². The molecular formula is C30H34BrCl2N3O5S. The van der Waals surface area contributed by atoms with Gasteiger partial charge in [-0.1, -0.05) is 60.8 Å². The molecule has 12 heteroatoms. The smallest absolute Gasteiger partial charge is 0.264 e. The van der Waals surface area contributed by atoms with Crippen LogP contribution in [0.5, 0.6) is 5.75 Å². The van der Waals surface area contributed by atoms with Crippen molar-refractivity contribution in [1.29, 1.82) is 0 Å². The Morgan fingerprint density at radius 1 is 0.976 bits per heavy atom. The van der Waals surface area contributed by atoms with E-state index in [4.69, 9.17) is 27.9 Å². The number of nitrogens with zero attached hydrogens (tertiary/aromatic N) is 2. The fourth-order valence-electron chi connectivity index (χ4n) is 4.04. The van der Waals surface area contributed by atoms with Crippen LogP contribution in [0.2, 0.25) is 10.0 Å². The van der Waals surface area contributed by atoms with E-state index >= 15 is 0 Å². The molecule has 0 aliphatic rings. The van der Waals surface area contributed by atoms with Crippen molar-refractivity contribution in [1.82, 2.24) is 10.2 Å². The topological polar surface area (TPSA) is 96.0 Å². The van der Waals surface area contributed by atoms with E-state index in [9.17, 15) is 18.0 Å². The molecule has 3 rings (SSSR count). The second kappa shape index (κ2) is 14.6. The van der Waals surface area contributed by atoms with Crippen molar-refractivity contribution in [2.45, 2.75) is 45.2 Å². The van der Waals surface area contributed by atoms with Gasteiger partial charge in [0.2, 0.25) is 11.8 Å². The molecule has 0 heterocycles. The maximum atomic E-state index is 14.0. The third kappa shape index (κ3) is 8.40. The maximum absolute atomic E-state index is 14.0. The first-order chi connectivity index (χ1) is 19.7. The number of ether oxygens (including phenoxy) is 1. The predicted octanol–water partition coefficient (Wildman–Crippen LogP) is 6.46. The third-order valence-corrected chi connectivity index (χ3v) is 9.63. The summed E-state index contributed by atoms with van der Waals surface area (Å²) in [6.45, 7) is 7.28. The van der Waals surface area contributed by atoms with E-state index in [1.165, 1.54) is 30.2 Å². The van der Waals surface area contributed by atoms with Crippen molar-refractivity contribution in [2.75, 3.05) is 24.5 Å². The molecule has 226 valence electrons. The predicted molar refractivity (Wildman–Crippen MR) is 171 cm³/mol. The lowest BCUT2D eigenvalue weighted by Gasteiger charge is -2.32. The van der Waals surface area contributed by atoms with E-state index < -0.39 is 28.5 Å². The van der Waals surface area contributed by atoms with Gasteiger partial charge in [-0.25, -0.2) is 8.42 Å². The lowest BCUT2D eigenvalue weighted by atomic mass is 10.1. The number of hydrogen-bond acceptors (Lipinski definition) is 5. The number of methoxy groups -OCH3 is 1. The van der Waals surface area contributed by atoms with Crippen molar-refractivity contribution >= 4 is 66.7 Å². The Bertz CT molecular complexity index is 1530. The monoisotopic (exact) mass is 697 g/mol. The van der Waals surface area contributed by atoms with E-state index in [2.05, 4.69) is 21.2 Å². The van der Waals surface area contributed by atoms with Crippen LogP contribution in [0.25, 0.3) is 0 Å². The largest absolute Gasteiger partial charge is 0.496 e. The van der Waals surface area contributed by atoms with E-state index in [0.29, 0.717) is 38.1 Å². The molecule has 0 bridgehead atoms. The third-order valence-electron chi connectivity index (χ3n) is 6.50. The average molecular weight is 699 g/mol. The van der Waals surface area contributed by atoms with E-state index in [0.717, 1.165) is 9.87 Å². The number of sulfonamides is 1. The van der Waals surface area contributed by atoms with Gasteiger partial charge in [0.1, 0.15) is 18.3 Å². The highest BCUT2D eigenvalue weighted by molar-refractivity contribution is 9.10. The van der Waals surface area contributed by atoms with Crippen molar-refractivity contribution in [3.8, 4) is 5.75 Å². The summed E-state index contributed by atoms with van der Waals surface area (Å²) < 4.78 is 34.8. The molecule has 0 radical (unpaired) electrons. The highest BCUT2D eigenvalue weighted by Crippen LogP contribution is 2.31. The highest BCUT2D eigenvalue weighted by atomic mass is 79.9. The molecule has 1 atom stereocenters. The number of carbonyl (C=O) groups excluding carboxylic acids is 2. The summed E-state index contributed by atoms with van der Waals surface area (Å²) in [6, 6.07) is 15.2. The zero-order valence-electron chi connectivity index (χ0n) is 24.0. The Kier molecular flexibility index (Phi) is 11.7. The van der Waals surface area contributed by atoms with Gasteiger partial charge in [-0.05, 0) is 83.7 Å². The highest BCUT2D eigenvalue weighted by Gasteiger charge is 2.33. The van der Waals surface area contributed by atoms with Gasteiger partial charge in [0.15, 0.2) is 0 Å². The van der Waals surface area contributed by atoms with Crippen LogP contribution in [0.4, 0.5) is 5.69 Å². The molecule has 2 amide bonds. The first-order valence-electron chi connectivity index (χ1n) is 13.2. The number of anilines is 1. The summed E-state index contributed by atoms with van der Waals surface area (Å²) in [6.07, 6.45) is 0. The molecule has 1 N–H and O–H groups in total. The molecule has 0 saturated carbocycles. The Labute approximate surface area is 266 Å². The summed E-state index contributed by atoms with van der Waals surface area (Å²) in [5.41, 5.74) is 1.85. The van der Waals surface area contributed by atoms with Crippen molar-refractivity contribution in [3.05, 3.63) is 86.3 Å². The first kappa shape index (κ1) is 33.7. The Morgan fingerprint density at radius 3 is 2.21 bits per heavy atom. The van der Waals surface area contributed by atoms with Gasteiger partial charge in [0.25, 0.3) is 10.0 Å². The number of nitrogens with one attached hydrogen (secondary N) is 1. The van der Waals surface area contributed by atoms with Gasteiger partial charge in [-0.3, -0.25) is 13.9 Å². The fraction of sp³-hybridized carbons (Fsp3) is 0.333. The van der Waals surface area contributed by atoms with Gasteiger partial charge in [0.05, 0.1) is 32.2 Å². The van der Waals surface area contributed by atoms with Crippen LogP contribution in [-0.2, 0) is 26.2 Å². The molecule has 0 aliphatic heterocycles. The second-order valence-corrected chi connectivity index (χ2v) is 13.8. The van der Waals surface area contributed by atoms with Crippen LogP contribution in [0.15, 0.2) is 70.0 Å². The Balaban J connectivity index is 2.05. The number of amides is 2. The lowest BCUT2D eigenvalue weighted by molar-refractivity contribution is -0.139. The first-order valence-corrected chi connectivity index (χ1v) is 16.2.